The van der Waals surface area contributed by atoms with Crippen molar-refractivity contribution in [3.63, 3.8) is 0 Å². The number of benzene rings is 1. The number of nitrogens with two attached hydrogens (primary N) is 2. The highest BCUT2D eigenvalue weighted by atomic mass is 16.5. The number of ether oxygens (including phenoxy) is 1. The number of hydrogen-bond donors (Lipinski definition) is 2. The van der Waals surface area contributed by atoms with E-state index in [2.05, 4.69) is 4.99 Å². The second kappa shape index (κ2) is 4.50. The van der Waals surface area contributed by atoms with Crippen LogP contribution in [0.3, 0.4) is 0 Å². The molecular formula is C10H15N3O. The lowest BCUT2D eigenvalue weighted by Crippen LogP contribution is -2.22. The zero-order valence-corrected chi connectivity index (χ0v) is 8.45. The molecule has 4 N–H and O–H groups in total. The smallest absolute Gasteiger partial charge is 0.186 e. The molecule has 0 radical (unpaired) electrons. The largest absolute Gasteiger partial charge is 0.496 e. The molecule has 1 rings (SSSR count). The summed E-state index contributed by atoms with van der Waals surface area (Å²) < 4.78 is 5.14. The summed E-state index contributed by atoms with van der Waals surface area (Å²) in [7, 11) is 1.65. The van der Waals surface area contributed by atoms with Crippen LogP contribution in [0.2, 0.25) is 0 Å². The van der Waals surface area contributed by atoms with E-state index in [1.54, 1.807) is 7.11 Å². The standard InChI is InChI=1S/C10H15N3O/c1-7-5-8(6-13-10(11)12)3-4-9(7)14-2/h3-5H,6H2,1-2H3,(H4,11,12,13). The summed E-state index contributed by atoms with van der Waals surface area (Å²) in [5.41, 5.74) is 12.6. The number of aryl methyl sites for hydroxylation is 1. The highest BCUT2D eigenvalue weighted by Crippen LogP contribution is 2.18. The highest BCUT2D eigenvalue weighted by Gasteiger charge is 1.98. The summed E-state index contributed by atoms with van der Waals surface area (Å²) in [4.78, 5) is 3.92. The molecule has 0 atom stereocenters. The van der Waals surface area contributed by atoms with Crippen molar-refractivity contribution in [3.05, 3.63) is 29.3 Å². The summed E-state index contributed by atoms with van der Waals surface area (Å²) in [5, 5.41) is 0. The van der Waals surface area contributed by atoms with Crippen LogP contribution >= 0.6 is 0 Å². The third-order valence-electron chi connectivity index (χ3n) is 1.90. The Morgan fingerprint density at radius 1 is 1.43 bits per heavy atom. The van der Waals surface area contributed by atoms with Gasteiger partial charge in [-0.05, 0) is 24.1 Å². The molecule has 0 aromatic heterocycles. The van der Waals surface area contributed by atoms with Gasteiger partial charge in [-0.15, -0.1) is 0 Å². The number of rotatable bonds is 3. The molecular weight excluding hydrogens is 178 g/mol. The maximum atomic E-state index is 5.24. The van der Waals surface area contributed by atoms with Gasteiger partial charge in [0, 0.05) is 0 Å². The van der Waals surface area contributed by atoms with E-state index in [1.807, 2.05) is 25.1 Å². The lowest BCUT2D eigenvalue weighted by molar-refractivity contribution is 0.411. The second-order valence-electron chi connectivity index (χ2n) is 3.05. The first kappa shape index (κ1) is 10.4. The molecule has 0 amide bonds. The number of hydrogen-bond acceptors (Lipinski definition) is 2. The molecule has 1 aromatic rings. The minimum absolute atomic E-state index is 0.110. The third-order valence-corrected chi connectivity index (χ3v) is 1.90. The molecule has 0 spiro atoms. The van der Waals surface area contributed by atoms with Crippen LogP contribution in [0.15, 0.2) is 23.2 Å². The first-order chi connectivity index (χ1) is 6.63. The quantitative estimate of drug-likeness (QED) is 0.550. The van der Waals surface area contributed by atoms with E-state index in [9.17, 15) is 0 Å². The van der Waals surface area contributed by atoms with Gasteiger partial charge >= 0.3 is 0 Å². The van der Waals surface area contributed by atoms with Crippen LogP contribution in [0.4, 0.5) is 0 Å². The zero-order chi connectivity index (χ0) is 10.6. The number of nitrogens with zero attached hydrogens (tertiary/aromatic N) is 1. The van der Waals surface area contributed by atoms with Gasteiger partial charge < -0.3 is 16.2 Å². The fourth-order valence-corrected chi connectivity index (χ4v) is 1.22. The molecule has 0 saturated carbocycles. The maximum Gasteiger partial charge on any atom is 0.186 e. The minimum atomic E-state index is 0.110. The molecule has 0 aliphatic heterocycles. The van der Waals surface area contributed by atoms with Crippen molar-refractivity contribution in [2.24, 2.45) is 16.5 Å². The van der Waals surface area contributed by atoms with Gasteiger partial charge in [0.2, 0.25) is 0 Å². The number of aliphatic imine (C=N–C) groups is 1. The molecule has 0 unspecified atom stereocenters. The first-order valence-electron chi connectivity index (χ1n) is 4.32. The molecule has 4 nitrogen and oxygen atoms in total. The van der Waals surface area contributed by atoms with Crippen LogP contribution in [0.25, 0.3) is 0 Å². The lowest BCUT2D eigenvalue weighted by Gasteiger charge is -2.05. The average molecular weight is 193 g/mol. The Hall–Kier alpha value is -1.71. The SMILES string of the molecule is COc1ccc(CN=C(N)N)cc1C. The summed E-state index contributed by atoms with van der Waals surface area (Å²) in [6.07, 6.45) is 0. The van der Waals surface area contributed by atoms with Gasteiger partial charge in [-0.3, -0.25) is 0 Å². The van der Waals surface area contributed by atoms with E-state index in [-0.39, 0.29) is 5.96 Å². The van der Waals surface area contributed by atoms with Gasteiger partial charge in [0.25, 0.3) is 0 Å². The van der Waals surface area contributed by atoms with E-state index < -0.39 is 0 Å². The fourth-order valence-electron chi connectivity index (χ4n) is 1.22. The fraction of sp³-hybridized carbons (Fsp3) is 0.300. The molecule has 76 valence electrons. The zero-order valence-electron chi connectivity index (χ0n) is 8.45. The monoisotopic (exact) mass is 193 g/mol. The molecule has 1 aromatic carbocycles. The van der Waals surface area contributed by atoms with Crippen molar-refractivity contribution in [1.82, 2.24) is 0 Å². The van der Waals surface area contributed by atoms with Crippen molar-refractivity contribution in [3.8, 4) is 5.75 Å². The van der Waals surface area contributed by atoms with E-state index in [1.165, 1.54) is 0 Å². The summed E-state index contributed by atoms with van der Waals surface area (Å²) in [6, 6.07) is 5.86. The van der Waals surface area contributed by atoms with Crippen LogP contribution in [0.1, 0.15) is 11.1 Å². The van der Waals surface area contributed by atoms with E-state index in [0.29, 0.717) is 6.54 Å². The van der Waals surface area contributed by atoms with Crippen molar-refractivity contribution >= 4 is 5.96 Å². The molecule has 0 aliphatic rings. The molecule has 0 aliphatic carbocycles. The Kier molecular flexibility index (Phi) is 3.34. The second-order valence-corrected chi connectivity index (χ2v) is 3.05. The Morgan fingerprint density at radius 2 is 2.14 bits per heavy atom. The normalized spacial score (nSPS) is 9.57. The van der Waals surface area contributed by atoms with E-state index in [4.69, 9.17) is 16.2 Å². The van der Waals surface area contributed by atoms with Gasteiger partial charge in [0.1, 0.15) is 5.75 Å². The van der Waals surface area contributed by atoms with Crippen LogP contribution in [-0.2, 0) is 6.54 Å². The van der Waals surface area contributed by atoms with E-state index in [0.717, 1.165) is 16.9 Å². The maximum absolute atomic E-state index is 5.24. The summed E-state index contributed by atoms with van der Waals surface area (Å²) >= 11 is 0. The van der Waals surface area contributed by atoms with Crippen LogP contribution in [0.5, 0.6) is 5.75 Å². The minimum Gasteiger partial charge on any atom is -0.496 e. The lowest BCUT2D eigenvalue weighted by atomic mass is 10.1. The Morgan fingerprint density at radius 3 is 2.64 bits per heavy atom. The topological polar surface area (TPSA) is 73.6 Å². The highest BCUT2D eigenvalue weighted by molar-refractivity contribution is 5.75. The van der Waals surface area contributed by atoms with Crippen LogP contribution in [-0.4, -0.2) is 13.1 Å². The molecule has 0 fully saturated rings. The van der Waals surface area contributed by atoms with Gasteiger partial charge in [-0.25, -0.2) is 4.99 Å². The molecule has 0 heterocycles. The predicted octanol–water partition coefficient (Wildman–Crippen LogP) is 0.777. The van der Waals surface area contributed by atoms with Crippen molar-refractivity contribution in [1.29, 1.82) is 0 Å². The Balaban J connectivity index is 2.81. The van der Waals surface area contributed by atoms with Gasteiger partial charge in [-0.2, -0.15) is 0 Å². The van der Waals surface area contributed by atoms with Gasteiger partial charge in [-0.1, -0.05) is 12.1 Å². The third kappa shape index (κ3) is 2.65. The Labute approximate surface area is 83.6 Å². The van der Waals surface area contributed by atoms with Crippen molar-refractivity contribution in [2.45, 2.75) is 13.5 Å². The van der Waals surface area contributed by atoms with Crippen LogP contribution < -0.4 is 16.2 Å². The van der Waals surface area contributed by atoms with Crippen LogP contribution in [0, 0.1) is 6.92 Å². The predicted molar refractivity (Wildman–Crippen MR) is 57.2 cm³/mol. The van der Waals surface area contributed by atoms with E-state index >= 15 is 0 Å². The van der Waals surface area contributed by atoms with Crippen molar-refractivity contribution < 1.29 is 4.74 Å². The summed E-state index contributed by atoms with van der Waals surface area (Å²) in [6.45, 7) is 2.49. The molecule has 14 heavy (non-hydrogen) atoms. The van der Waals surface area contributed by atoms with Gasteiger partial charge in [0.15, 0.2) is 5.96 Å². The summed E-state index contributed by atoms with van der Waals surface area (Å²) in [5.74, 6) is 0.983. The first-order valence-corrected chi connectivity index (χ1v) is 4.32. The number of guanidine groups is 1. The molecule has 0 bridgehead atoms. The van der Waals surface area contributed by atoms with Crippen molar-refractivity contribution in [2.75, 3.05) is 7.11 Å². The Bertz CT molecular complexity index is 343. The molecule has 0 saturated heterocycles. The number of methoxy groups -OCH3 is 1. The molecule has 4 heteroatoms. The van der Waals surface area contributed by atoms with Gasteiger partial charge in [0.05, 0.1) is 13.7 Å². The average Bonchev–Trinajstić information content (AvgIpc) is 2.15.